The van der Waals surface area contributed by atoms with Crippen LogP contribution in [0.5, 0.6) is 0 Å². The first kappa shape index (κ1) is 13.3. The van der Waals surface area contributed by atoms with Crippen LogP contribution in [0.1, 0.15) is 6.92 Å². The van der Waals surface area contributed by atoms with E-state index in [1.54, 1.807) is 0 Å². The molecule has 2 rings (SSSR count). The molecule has 0 aliphatic carbocycles. The molecule has 0 radical (unpaired) electrons. The second kappa shape index (κ2) is 6.73. The summed E-state index contributed by atoms with van der Waals surface area (Å²) in [5, 5.41) is 3.66. The maximum Gasteiger partial charge on any atom is 0.0113 e. The van der Waals surface area contributed by atoms with Crippen LogP contribution in [0.25, 0.3) is 0 Å². The van der Waals surface area contributed by atoms with Crippen molar-refractivity contribution in [1.82, 2.24) is 0 Å². The van der Waals surface area contributed by atoms with Gasteiger partial charge in [-0.1, -0.05) is 78.3 Å². The highest BCUT2D eigenvalue weighted by atomic mass is 35.5. The number of hydrogen-bond acceptors (Lipinski definition) is 0. The molecule has 0 saturated heterocycles. The Kier molecular flexibility index (Phi) is 4.99. The number of hydrogen-bond donors (Lipinski definition) is 0. The maximum absolute atomic E-state index is 5.97. The molecule has 0 aromatic heterocycles. The minimum Gasteiger partial charge on any atom is -0.0898 e. The van der Waals surface area contributed by atoms with Gasteiger partial charge in [0.05, 0.1) is 0 Å². The monoisotopic (exact) mass is 274 g/mol. The molecule has 2 aromatic carbocycles. The largest absolute Gasteiger partial charge is 0.0898 e. The fourth-order valence-corrected chi connectivity index (χ4v) is 4.22. The minimum atomic E-state index is -0.344. The van der Waals surface area contributed by atoms with Gasteiger partial charge in [-0.25, -0.2) is 0 Å². The van der Waals surface area contributed by atoms with Crippen LogP contribution in [0.4, 0.5) is 0 Å². The van der Waals surface area contributed by atoms with E-state index in [4.69, 9.17) is 11.6 Å². The smallest absolute Gasteiger partial charge is 0.0113 e. The van der Waals surface area contributed by atoms with Gasteiger partial charge in [-0.3, -0.25) is 0 Å². The number of halogens is 1. The Morgan fingerprint density at radius 1 is 0.944 bits per heavy atom. The minimum absolute atomic E-state index is 0.344. The van der Waals surface area contributed by atoms with Gasteiger partial charge in [0.1, 0.15) is 0 Å². The van der Waals surface area contributed by atoms with Crippen LogP contribution in [-0.4, -0.2) is 6.16 Å². The zero-order valence-corrected chi connectivity index (χ0v) is 12.0. The van der Waals surface area contributed by atoms with Gasteiger partial charge in [0, 0.05) is 5.03 Å². The van der Waals surface area contributed by atoms with Crippen molar-refractivity contribution in [2.45, 2.75) is 6.92 Å². The average molecular weight is 275 g/mol. The van der Waals surface area contributed by atoms with E-state index < -0.39 is 0 Å². The van der Waals surface area contributed by atoms with Gasteiger partial charge in [-0.2, -0.15) is 0 Å². The van der Waals surface area contributed by atoms with Crippen molar-refractivity contribution in [1.29, 1.82) is 0 Å². The lowest BCUT2D eigenvalue weighted by molar-refractivity contribution is 1.58. The molecule has 0 saturated carbocycles. The molecule has 0 spiro atoms. The topological polar surface area (TPSA) is 0 Å². The molecule has 2 heteroatoms. The number of rotatable bonds is 4. The van der Waals surface area contributed by atoms with Crippen molar-refractivity contribution in [2.24, 2.45) is 0 Å². The standard InChI is InChI=1S/C16H16ClP/c1-14(17)12-13-18(15-8-4-2-5-9-15)16-10-6-3-7-11-16/h2-12H,13H2,1H3. The quantitative estimate of drug-likeness (QED) is 0.731. The van der Waals surface area contributed by atoms with Gasteiger partial charge in [-0.05, 0) is 31.6 Å². The molecule has 0 bridgehead atoms. The van der Waals surface area contributed by atoms with Crippen LogP contribution >= 0.6 is 19.5 Å². The fraction of sp³-hybridized carbons (Fsp3) is 0.125. The zero-order chi connectivity index (χ0) is 12.8. The second-order valence-corrected chi connectivity index (χ2v) is 6.92. The normalized spacial score (nSPS) is 11.8. The van der Waals surface area contributed by atoms with Gasteiger partial charge in [0.25, 0.3) is 0 Å². The summed E-state index contributed by atoms with van der Waals surface area (Å²) < 4.78 is 0. The summed E-state index contributed by atoms with van der Waals surface area (Å²) >= 11 is 5.97. The number of benzene rings is 2. The molecular formula is C16H16ClP. The van der Waals surface area contributed by atoms with Gasteiger partial charge >= 0.3 is 0 Å². The van der Waals surface area contributed by atoms with E-state index in [1.165, 1.54) is 10.6 Å². The lowest BCUT2D eigenvalue weighted by atomic mass is 10.4. The average Bonchev–Trinajstić information content (AvgIpc) is 2.41. The van der Waals surface area contributed by atoms with Crippen molar-refractivity contribution < 1.29 is 0 Å². The molecule has 0 aliphatic rings. The van der Waals surface area contributed by atoms with Crippen molar-refractivity contribution in [3.8, 4) is 0 Å². The van der Waals surface area contributed by atoms with Crippen LogP contribution in [0.15, 0.2) is 71.8 Å². The van der Waals surface area contributed by atoms with Crippen molar-refractivity contribution in [3.63, 3.8) is 0 Å². The van der Waals surface area contributed by atoms with Crippen LogP contribution < -0.4 is 10.6 Å². The third kappa shape index (κ3) is 3.70. The third-order valence-corrected chi connectivity index (χ3v) is 5.24. The van der Waals surface area contributed by atoms with Crippen molar-refractivity contribution >= 4 is 30.1 Å². The van der Waals surface area contributed by atoms with Crippen LogP contribution in [-0.2, 0) is 0 Å². The molecule has 0 N–H and O–H groups in total. The third-order valence-electron chi connectivity index (χ3n) is 2.69. The summed E-state index contributed by atoms with van der Waals surface area (Å²) in [6.07, 6.45) is 3.12. The predicted molar refractivity (Wildman–Crippen MR) is 83.5 cm³/mol. The highest BCUT2D eigenvalue weighted by Gasteiger charge is 2.11. The summed E-state index contributed by atoms with van der Waals surface area (Å²) in [4.78, 5) is 0. The SMILES string of the molecule is CC(Cl)=CCP(c1ccccc1)c1ccccc1. The molecule has 0 nitrogen and oxygen atoms in total. The van der Waals surface area contributed by atoms with Gasteiger partial charge in [-0.15, -0.1) is 0 Å². The highest BCUT2D eigenvalue weighted by Crippen LogP contribution is 2.33. The Morgan fingerprint density at radius 2 is 1.39 bits per heavy atom. The molecule has 92 valence electrons. The summed E-state index contributed by atoms with van der Waals surface area (Å²) in [5.41, 5.74) is 0. The van der Waals surface area contributed by atoms with Crippen molar-refractivity contribution in [2.75, 3.05) is 6.16 Å². The summed E-state index contributed by atoms with van der Waals surface area (Å²) in [5.74, 6) is 0. The van der Waals surface area contributed by atoms with E-state index in [2.05, 4.69) is 66.7 Å². The summed E-state index contributed by atoms with van der Waals surface area (Å²) in [7, 11) is -0.344. The van der Waals surface area contributed by atoms with E-state index in [9.17, 15) is 0 Å². The molecule has 0 heterocycles. The Labute approximate surface area is 115 Å². The van der Waals surface area contributed by atoms with E-state index in [-0.39, 0.29) is 7.92 Å². The molecule has 2 aromatic rings. The van der Waals surface area contributed by atoms with E-state index in [1.807, 2.05) is 6.92 Å². The first-order valence-electron chi connectivity index (χ1n) is 5.97. The van der Waals surface area contributed by atoms with E-state index in [0.29, 0.717) is 0 Å². The first-order valence-corrected chi connectivity index (χ1v) is 7.88. The molecule has 18 heavy (non-hydrogen) atoms. The molecular weight excluding hydrogens is 259 g/mol. The van der Waals surface area contributed by atoms with Crippen molar-refractivity contribution in [3.05, 3.63) is 71.8 Å². The predicted octanol–water partition coefficient (Wildman–Crippen LogP) is 4.26. The first-order chi connectivity index (χ1) is 8.77. The van der Waals surface area contributed by atoms with Crippen LogP contribution in [0.2, 0.25) is 0 Å². The zero-order valence-electron chi connectivity index (χ0n) is 10.4. The van der Waals surface area contributed by atoms with Gasteiger partial charge in [0.2, 0.25) is 0 Å². The molecule has 0 fully saturated rings. The molecule has 0 aliphatic heterocycles. The Bertz CT molecular complexity index is 462. The lowest BCUT2D eigenvalue weighted by Gasteiger charge is -2.16. The Morgan fingerprint density at radius 3 is 1.78 bits per heavy atom. The summed E-state index contributed by atoms with van der Waals surface area (Å²) in [6, 6.07) is 21.3. The lowest BCUT2D eigenvalue weighted by Crippen LogP contribution is -2.13. The highest BCUT2D eigenvalue weighted by molar-refractivity contribution is 7.73. The van der Waals surface area contributed by atoms with Gasteiger partial charge < -0.3 is 0 Å². The van der Waals surface area contributed by atoms with E-state index in [0.717, 1.165) is 11.2 Å². The van der Waals surface area contributed by atoms with Crippen LogP contribution in [0, 0.1) is 0 Å². The molecule has 0 atom stereocenters. The second-order valence-electron chi connectivity index (χ2n) is 4.07. The summed E-state index contributed by atoms with van der Waals surface area (Å²) in [6.45, 7) is 1.94. The Hall–Kier alpha value is -1.10. The van der Waals surface area contributed by atoms with Crippen LogP contribution in [0.3, 0.4) is 0 Å². The molecule has 0 amide bonds. The van der Waals surface area contributed by atoms with E-state index >= 15 is 0 Å². The fourth-order valence-electron chi connectivity index (χ4n) is 1.79. The van der Waals surface area contributed by atoms with Gasteiger partial charge in [0.15, 0.2) is 0 Å². The maximum atomic E-state index is 5.97. The number of allylic oxidation sites excluding steroid dienone is 2. The Balaban J connectivity index is 2.32. The molecule has 0 unspecified atom stereocenters.